The average Bonchev–Trinajstić information content (AvgIpc) is 3.25. The minimum absolute atomic E-state index is 0.0623. The third-order valence-corrected chi connectivity index (χ3v) is 12.0. The second kappa shape index (κ2) is 19.1. The van der Waals surface area contributed by atoms with Crippen LogP contribution < -0.4 is 36.8 Å². The average molecular weight is 862 g/mol. The Morgan fingerprint density at radius 3 is 2.19 bits per heavy atom. The fourth-order valence-electron chi connectivity index (χ4n) is 8.08. The second-order valence-electron chi connectivity index (χ2n) is 16.0. The van der Waals surface area contributed by atoms with Crippen LogP contribution in [-0.4, -0.2) is 65.3 Å². The lowest BCUT2D eigenvalue weighted by molar-refractivity contribution is -0.134. The van der Waals surface area contributed by atoms with E-state index < -0.39 is 11.7 Å². The molecule has 2 aliphatic heterocycles. The number of benzene rings is 4. The van der Waals surface area contributed by atoms with Crippen molar-refractivity contribution in [2.45, 2.75) is 62.9 Å². The lowest BCUT2D eigenvalue weighted by Gasteiger charge is -2.37. The zero-order valence-corrected chi connectivity index (χ0v) is 34.5. The number of para-hydroxylation sites is 1. The standard InChI is InChI=1S/C46H46ClF2N9O4/c47-36-3-1-2-4-39(36)55-44(61)29-5-10-31(11-6-29)52-42-38(49)26-51-46(57-42)54-32-12-7-28(8-13-32)43(60)53-34-24-33(25-34)50-20-17-27-18-21-58(22-19-27)40-15-9-30(23-37(40)48)35-14-16-41(59)56-45(35)62/h1-13,15,23,26-27,33-35,50H,14,16-22,24-25H2,(H,53,60)(H,55,61)(H,56,59,62)(H2,51,52,54,57). The van der Waals surface area contributed by atoms with Gasteiger partial charge in [0.2, 0.25) is 17.8 Å². The van der Waals surface area contributed by atoms with E-state index in [1.165, 1.54) is 6.07 Å². The van der Waals surface area contributed by atoms with Gasteiger partial charge in [0.1, 0.15) is 5.82 Å². The molecule has 1 aliphatic carbocycles. The number of aromatic nitrogens is 2. The molecule has 0 radical (unpaired) electrons. The van der Waals surface area contributed by atoms with Crippen molar-refractivity contribution in [3.8, 4) is 0 Å². The van der Waals surface area contributed by atoms with Crippen molar-refractivity contribution >= 4 is 69.7 Å². The van der Waals surface area contributed by atoms with Gasteiger partial charge in [0.25, 0.3) is 11.8 Å². The van der Waals surface area contributed by atoms with Crippen molar-refractivity contribution in [3.63, 3.8) is 0 Å². The van der Waals surface area contributed by atoms with Gasteiger partial charge in [0.05, 0.1) is 28.5 Å². The van der Waals surface area contributed by atoms with E-state index in [9.17, 15) is 23.6 Å². The van der Waals surface area contributed by atoms with Crippen molar-refractivity contribution in [2.24, 2.45) is 5.92 Å². The maximum absolute atomic E-state index is 15.2. The first-order valence-corrected chi connectivity index (χ1v) is 21.2. The molecule has 0 spiro atoms. The number of nitrogens with zero attached hydrogens (tertiary/aromatic N) is 3. The lowest BCUT2D eigenvalue weighted by Crippen LogP contribution is -2.52. The summed E-state index contributed by atoms with van der Waals surface area (Å²) in [5.41, 5.74) is 3.67. The molecule has 16 heteroatoms. The topological polar surface area (TPSA) is 169 Å². The highest BCUT2D eigenvalue weighted by Crippen LogP contribution is 2.32. The number of amides is 4. The lowest BCUT2D eigenvalue weighted by atomic mass is 9.86. The molecule has 3 aliphatic rings. The first-order valence-electron chi connectivity index (χ1n) is 20.8. The van der Waals surface area contributed by atoms with Gasteiger partial charge in [-0.15, -0.1) is 0 Å². The summed E-state index contributed by atoms with van der Waals surface area (Å²) in [6.45, 7) is 2.41. The Morgan fingerprint density at radius 2 is 1.50 bits per heavy atom. The van der Waals surface area contributed by atoms with Crippen LogP contribution in [0.1, 0.15) is 77.1 Å². The van der Waals surface area contributed by atoms with Gasteiger partial charge in [-0.1, -0.05) is 29.8 Å². The van der Waals surface area contributed by atoms with Crippen molar-refractivity contribution < 1.29 is 28.0 Å². The number of rotatable bonds is 14. The summed E-state index contributed by atoms with van der Waals surface area (Å²) in [4.78, 5) is 59.8. The number of anilines is 6. The molecule has 1 saturated carbocycles. The van der Waals surface area contributed by atoms with Crippen LogP contribution in [0, 0.1) is 17.6 Å². The molecule has 1 atom stereocenters. The minimum atomic E-state index is -0.665. The van der Waals surface area contributed by atoms with E-state index in [0.717, 1.165) is 57.9 Å². The summed E-state index contributed by atoms with van der Waals surface area (Å²) in [6, 6.07) is 25.7. The summed E-state index contributed by atoms with van der Waals surface area (Å²) in [5.74, 6) is -2.04. The fourth-order valence-corrected chi connectivity index (χ4v) is 8.26. The molecule has 2 saturated heterocycles. The van der Waals surface area contributed by atoms with Crippen molar-refractivity contribution in [2.75, 3.05) is 40.5 Å². The van der Waals surface area contributed by atoms with Crippen LogP contribution in [-0.2, 0) is 9.59 Å². The molecular formula is C46H46ClF2N9O4. The molecule has 3 fully saturated rings. The number of carbonyl (C=O) groups is 4. The number of imide groups is 1. The molecule has 1 aromatic heterocycles. The molecule has 320 valence electrons. The number of carbonyl (C=O) groups excluding carboxylic acids is 4. The molecule has 62 heavy (non-hydrogen) atoms. The molecule has 13 nitrogen and oxygen atoms in total. The molecule has 4 amide bonds. The summed E-state index contributed by atoms with van der Waals surface area (Å²) in [6.07, 6.45) is 6.36. The first kappa shape index (κ1) is 42.2. The smallest absolute Gasteiger partial charge is 0.255 e. The highest BCUT2D eigenvalue weighted by Gasteiger charge is 2.31. The highest BCUT2D eigenvalue weighted by atomic mass is 35.5. The number of nitrogens with one attached hydrogen (secondary N) is 6. The second-order valence-corrected chi connectivity index (χ2v) is 16.4. The van der Waals surface area contributed by atoms with Gasteiger partial charge in [-0.2, -0.15) is 4.98 Å². The van der Waals surface area contributed by atoms with Gasteiger partial charge in [-0.3, -0.25) is 24.5 Å². The number of halogens is 3. The first-order chi connectivity index (χ1) is 30.0. The molecular weight excluding hydrogens is 816 g/mol. The Balaban J connectivity index is 0.729. The van der Waals surface area contributed by atoms with Crippen LogP contribution in [0.3, 0.4) is 0 Å². The normalized spacial score (nSPS) is 19.0. The van der Waals surface area contributed by atoms with Crippen LogP contribution in [0.25, 0.3) is 0 Å². The maximum atomic E-state index is 15.2. The number of hydrogen-bond donors (Lipinski definition) is 6. The van der Waals surface area contributed by atoms with Crippen molar-refractivity contribution in [1.82, 2.24) is 25.9 Å². The van der Waals surface area contributed by atoms with E-state index in [0.29, 0.717) is 62.8 Å². The van der Waals surface area contributed by atoms with E-state index in [1.807, 2.05) is 0 Å². The number of piperidine rings is 2. The monoisotopic (exact) mass is 861 g/mol. The molecule has 0 bridgehead atoms. The summed E-state index contributed by atoms with van der Waals surface area (Å²) >= 11 is 6.15. The summed E-state index contributed by atoms with van der Waals surface area (Å²) in [7, 11) is 0. The van der Waals surface area contributed by atoms with Gasteiger partial charge in [0, 0.05) is 54.1 Å². The van der Waals surface area contributed by atoms with Crippen molar-refractivity contribution in [3.05, 3.63) is 131 Å². The van der Waals surface area contributed by atoms with Crippen molar-refractivity contribution in [1.29, 1.82) is 0 Å². The van der Waals surface area contributed by atoms with Gasteiger partial charge >= 0.3 is 0 Å². The van der Waals surface area contributed by atoms with E-state index in [-0.39, 0.29) is 53.7 Å². The third kappa shape index (κ3) is 10.3. The van der Waals surface area contributed by atoms with Crippen LogP contribution in [0.2, 0.25) is 5.02 Å². The predicted octanol–water partition coefficient (Wildman–Crippen LogP) is 7.83. The van der Waals surface area contributed by atoms with Gasteiger partial charge < -0.3 is 31.5 Å². The molecule has 5 aromatic rings. The van der Waals surface area contributed by atoms with Crippen LogP contribution in [0.5, 0.6) is 0 Å². The summed E-state index contributed by atoms with van der Waals surface area (Å²) in [5, 5.41) is 18.2. The summed E-state index contributed by atoms with van der Waals surface area (Å²) < 4.78 is 29.9. The molecule has 4 aromatic carbocycles. The Morgan fingerprint density at radius 1 is 0.806 bits per heavy atom. The Kier molecular flexibility index (Phi) is 13.0. The zero-order valence-electron chi connectivity index (χ0n) is 33.7. The van der Waals surface area contributed by atoms with Gasteiger partial charge in [-0.25, -0.2) is 13.8 Å². The molecule has 8 rings (SSSR count). The Bertz CT molecular complexity index is 2440. The maximum Gasteiger partial charge on any atom is 0.255 e. The SMILES string of the molecule is O=C1CCC(c2ccc(N3CCC(CCNC4CC(NC(=O)c5ccc(Nc6ncc(F)c(Nc7ccc(C(=O)Nc8ccccc8Cl)cc7)n6)cc5)C4)CC3)c(F)c2)C(=O)N1. The van der Waals surface area contributed by atoms with E-state index in [4.69, 9.17) is 11.6 Å². The molecule has 3 heterocycles. The molecule has 6 N–H and O–H groups in total. The minimum Gasteiger partial charge on any atom is -0.369 e. The van der Waals surface area contributed by atoms with Crippen LogP contribution in [0.15, 0.2) is 97.2 Å². The highest BCUT2D eigenvalue weighted by molar-refractivity contribution is 6.33. The Labute approximate surface area is 362 Å². The Hall–Kier alpha value is -6.45. The van der Waals surface area contributed by atoms with E-state index in [1.54, 1.807) is 84.9 Å². The molecule has 1 unspecified atom stereocenters. The van der Waals surface area contributed by atoms with Gasteiger partial charge in [-0.05, 0) is 129 Å². The largest absolute Gasteiger partial charge is 0.369 e. The zero-order chi connectivity index (χ0) is 43.2. The van der Waals surface area contributed by atoms with Crippen LogP contribution in [0.4, 0.5) is 43.3 Å². The van der Waals surface area contributed by atoms with Gasteiger partial charge in [0.15, 0.2) is 11.6 Å². The van der Waals surface area contributed by atoms with E-state index in [2.05, 4.69) is 46.8 Å². The third-order valence-electron chi connectivity index (χ3n) is 11.7. The number of hydrogen-bond acceptors (Lipinski definition) is 10. The quantitative estimate of drug-likeness (QED) is 0.0606. The fraction of sp³-hybridized carbons (Fsp3) is 0.304. The predicted molar refractivity (Wildman–Crippen MR) is 234 cm³/mol. The van der Waals surface area contributed by atoms with E-state index >= 15 is 4.39 Å². The van der Waals surface area contributed by atoms with Crippen LogP contribution >= 0.6 is 11.6 Å².